The first-order chi connectivity index (χ1) is 11.6. The van der Waals surface area contributed by atoms with Gasteiger partial charge in [0.05, 0.1) is 10.5 Å². The van der Waals surface area contributed by atoms with Crippen molar-refractivity contribution in [2.45, 2.75) is 49.0 Å². The van der Waals surface area contributed by atoms with Gasteiger partial charge < -0.3 is 10.2 Å². The van der Waals surface area contributed by atoms with Gasteiger partial charge in [0, 0.05) is 19.0 Å². The normalized spacial score (nSPS) is 22.8. The zero-order valence-electron chi connectivity index (χ0n) is 14.7. The largest absolute Gasteiger partial charge is 0.342 e. The van der Waals surface area contributed by atoms with Crippen LogP contribution in [-0.2, 0) is 24.8 Å². The summed E-state index contributed by atoms with van der Waals surface area (Å²) in [6.07, 6.45) is 4.26. The molecule has 3 rings (SSSR count). The van der Waals surface area contributed by atoms with E-state index in [1.54, 1.807) is 4.90 Å². The number of rotatable bonds is 3. The highest BCUT2D eigenvalue weighted by Gasteiger charge is 2.36. The lowest BCUT2D eigenvalue weighted by Crippen LogP contribution is -2.44. The lowest BCUT2D eigenvalue weighted by atomic mass is 10.1. The van der Waals surface area contributed by atoms with E-state index in [0.29, 0.717) is 38.8 Å². The molecule has 0 atom stereocenters. The van der Waals surface area contributed by atoms with Crippen LogP contribution in [0.2, 0.25) is 0 Å². The van der Waals surface area contributed by atoms with Gasteiger partial charge in [0.25, 0.3) is 0 Å². The average Bonchev–Trinajstić information content (AvgIpc) is 3.39. The fourth-order valence-corrected chi connectivity index (χ4v) is 4.88. The van der Waals surface area contributed by atoms with Crippen LogP contribution in [0.25, 0.3) is 0 Å². The molecule has 3 aliphatic rings. The number of halogens is 1. The predicted octanol–water partition coefficient (Wildman–Crippen LogP) is -0.875. The SMILES string of the molecule is Cl.NS(=O)(=O)C1CCN(C(=O)C2CC2)CC1.NS(=O)(=O)C1CCNCC1. The summed E-state index contributed by atoms with van der Waals surface area (Å²) in [4.78, 5) is 13.4. The van der Waals surface area contributed by atoms with Crippen molar-refractivity contribution in [2.24, 2.45) is 16.2 Å². The summed E-state index contributed by atoms with van der Waals surface area (Å²) >= 11 is 0. The van der Waals surface area contributed by atoms with E-state index in [0.717, 1.165) is 25.9 Å². The van der Waals surface area contributed by atoms with Crippen LogP contribution in [0.15, 0.2) is 0 Å². The minimum absolute atomic E-state index is 0. The maximum absolute atomic E-state index is 11.7. The second kappa shape index (κ2) is 9.65. The van der Waals surface area contributed by atoms with Crippen molar-refractivity contribution in [1.29, 1.82) is 0 Å². The highest BCUT2D eigenvalue weighted by molar-refractivity contribution is 7.90. The third-order valence-corrected chi connectivity index (χ3v) is 7.70. The maximum Gasteiger partial charge on any atom is 0.225 e. The van der Waals surface area contributed by atoms with E-state index in [1.165, 1.54) is 0 Å². The molecule has 0 bridgehead atoms. The van der Waals surface area contributed by atoms with Crippen molar-refractivity contribution in [3.8, 4) is 0 Å². The summed E-state index contributed by atoms with van der Waals surface area (Å²) in [6, 6.07) is 0. The molecule has 2 heterocycles. The molecule has 2 aliphatic heterocycles. The van der Waals surface area contributed by atoms with Crippen LogP contribution in [0.3, 0.4) is 0 Å². The first kappa shape index (κ1) is 23.6. The van der Waals surface area contributed by atoms with Crippen LogP contribution >= 0.6 is 12.4 Å². The number of hydrogen-bond donors (Lipinski definition) is 3. The molecular formula is C14H29ClN4O5S2. The van der Waals surface area contributed by atoms with Gasteiger partial charge in [-0.3, -0.25) is 4.79 Å². The molecule has 0 unspecified atom stereocenters. The molecule has 5 N–H and O–H groups in total. The Kier molecular flexibility index (Phi) is 8.75. The fourth-order valence-electron chi connectivity index (χ4n) is 3.12. The quantitative estimate of drug-likeness (QED) is 0.526. The number of piperidine rings is 2. The molecule has 0 radical (unpaired) electrons. The number of primary sulfonamides is 2. The molecule has 0 aromatic heterocycles. The summed E-state index contributed by atoms with van der Waals surface area (Å²) in [6.45, 7) is 2.61. The highest BCUT2D eigenvalue weighted by atomic mass is 35.5. The number of carbonyl (C=O) groups is 1. The van der Waals surface area contributed by atoms with Crippen LogP contribution < -0.4 is 15.6 Å². The lowest BCUT2D eigenvalue weighted by molar-refractivity contribution is -0.133. The Hall–Kier alpha value is -0.460. The third kappa shape index (κ3) is 7.28. The standard InChI is InChI=1S/C9H16N2O3S.C5H12N2O2S.ClH/c10-15(13,14)8-3-5-11(6-4-8)9(12)7-1-2-7;6-10(8,9)5-1-3-7-4-2-5;/h7-8H,1-6H2,(H2,10,13,14);5,7H,1-4H2,(H2,6,8,9);1H. The van der Waals surface area contributed by atoms with Gasteiger partial charge in [0.2, 0.25) is 26.0 Å². The number of carbonyl (C=O) groups excluding carboxylic acids is 1. The number of nitrogens with two attached hydrogens (primary N) is 2. The second-order valence-electron chi connectivity index (χ2n) is 6.93. The Morgan fingerprint density at radius 1 is 0.808 bits per heavy atom. The highest BCUT2D eigenvalue weighted by Crippen LogP contribution is 2.32. The van der Waals surface area contributed by atoms with Crippen LogP contribution in [0.5, 0.6) is 0 Å². The molecule has 154 valence electrons. The van der Waals surface area contributed by atoms with E-state index in [4.69, 9.17) is 10.3 Å². The molecule has 1 aliphatic carbocycles. The van der Waals surface area contributed by atoms with Crippen molar-refractivity contribution in [1.82, 2.24) is 10.2 Å². The first-order valence-electron chi connectivity index (χ1n) is 8.61. The number of sulfonamides is 2. The zero-order chi connectivity index (χ0) is 18.7. The zero-order valence-corrected chi connectivity index (χ0v) is 17.1. The Balaban J connectivity index is 0.000000270. The van der Waals surface area contributed by atoms with Gasteiger partial charge >= 0.3 is 0 Å². The molecule has 1 saturated carbocycles. The predicted molar refractivity (Wildman–Crippen MR) is 102 cm³/mol. The molecule has 0 spiro atoms. The summed E-state index contributed by atoms with van der Waals surface area (Å²) in [5.41, 5.74) is 0. The Labute approximate surface area is 161 Å². The van der Waals surface area contributed by atoms with E-state index in [2.05, 4.69) is 5.32 Å². The summed E-state index contributed by atoms with van der Waals surface area (Å²) in [5, 5.41) is 12.3. The summed E-state index contributed by atoms with van der Waals surface area (Å²) < 4.78 is 43.6. The molecule has 0 aromatic rings. The monoisotopic (exact) mass is 432 g/mol. The van der Waals surface area contributed by atoms with Gasteiger partial charge in [0.1, 0.15) is 0 Å². The van der Waals surface area contributed by atoms with E-state index < -0.39 is 25.3 Å². The van der Waals surface area contributed by atoms with E-state index in [-0.39, 0.29) is 29.5 Å². The van der Waals surface area contributed by atoms with E-state index >= 15 is 0 Å². The van der Waals surface area contributed by atoms with Crippen molar-refractivity contribution < 1.29 is 21.6 Å². The van der Waals surface area contributed by atoms with Crippen molar-refractivity contribution in [3.63, 3.8) is 0 Å². The topological polar surface area (TPSA) is 153 Å². The average molecular weight is 433 g/mol. The van der Waals surface area contributed by atoms with Crippen molar-refractivity contribution in [3.05, 3.63) is 0 Å². The molecule has 26 heavy (non-hydrogen) atoms. The number of nitrogens with one attached hydrogen (secondary N) is 1. The summed E-state index contributed by atoms with van der Waals surface area (Å²) in [5.74, 6) is 0.416. The molecule has 3 fully saturated rings. The number of amides is 1. The van der Waals surface area contributed by atoms with Gasteiger partial charge in [0.15, 0.2) is 0 Å². The number of likely N-dealkylation sites (tertiary alicyclic amines) is 1. The van der Waals surface area contributed by atoms with Crippen LogP contribution in [0.4, 0.5) is 0 Å². The van der Waals surface area contributed by atoms with Gasteiger partial charge in [-0.1, -0.05) is 0 Å². The third-order valence-electron chi connectivity index (χ3n) is 4.90. The number of hydrogen-bond acceptors (Lipinski definition) is 6. The summed E-state index contributed by atoms with van der Waals surface area (Å²) in [7, 11) is -6.68. The number of nitrogens with zero attached hydrogens (tertiary/aromatic N) is 1. The first-order valence-corrected chi connectivity index (χ1v) is 11.8. The van der Waals surface area contributed by atoms with Crippen LogP contribution in [0, 0.1) is 5.92 Å². The van der Waals surface area contributed by atoms with Gasteiger partial charge in [-0.05, 0) is 51.6 Å². The van der Waals surface area contributed by atoms with Crippen molar-refractivity contribution in [2.75, 3.05) is 26.2 Å². The van der Waals surface area contributed by atoms with Gasteiger partial charge in [-0.25, -0.2) is 27.1 Å². The molecular weight excluding hydrogens is 404 g/mol. The Morgan fingerprint density at radius 3 is 1.58 bits per heavy atom. The molecule has 12 heteroatoms. The van der Waals surface area contributed by atoms with Crippen LogP contribution in [-0.4, -0.2) is 64.3 Å². The Morgan fingerprint density at radius 2 is 1.23 bits per heavy atom. The van der Waals surface area contributed by atoms with Crippen LogP contribution in [0.1, 0.15) is 38.5 Å². The van der Waals surface area contributed by atoms with E-state index in [1.807, 2.05) is 0 Å². The maximum atomic E-state index is 11.7. The minimum atomic E-state index is -3.42. The minimum Gasteiger partial charge on any atom is -0.342 e. The second-order valence-corrected chi connectivity index (χ2v) is 10.6. The molecule has 1 amide bonds. The lowest BCUT2D eigenvalue weighted by Gasteiger charge is -2.30. The molecule has 9 nitrogen and oxygen atoms in total. The smallest absolute Gasteiger partial charge is 0.225 e. The van der Waals surface area contributed by atoms with Gasteiger partial charge in [-0.15, -0.1) is 12.4 Å². The van der Waals surface area contributed by atoms with Crippen molar-refractivity contribution >= 4 is 38.4 Å². The Bertz CT molecular complexity index is 667. The van der Waals surface area contributed by atoms with Gasteiger partial charge in [-0.2, -0.15) is 0 Å². The van der Waals surface area contributed by atoms with E-state index in [9.17, 15) is 21.6 Å². The molecule has 0 aromatic carbocycles. The fraction of sp³-hybridized carbons (Fsp3) is 0.929. The molecule has 2 saturated heterocycles.